The van der Waals surface area contributed by atoms with Gasteiger partial charge in [0.15, 0.2) is 0 Å². The van der Waals surface area contributed by atoms with E-state index in [1.165, 1.54) is 17.2 Å². The number of nitrogens with one attached hydrogen (secondary N) is 2. The number of methoxy groups -OCH3 is 1. The van der Waals surface area contributed by atoms with E-state index >= 15 is 0 Å². The molecule has 34 heavy (non-hydrogen) atoms. The van der Waals surface area contributed by atoms with Crippen LogP contribution in [-0.4, -0.2) is 30.4 Å². The molecule has 7 nitrogen and oxygen atoms in total. The van der Waals surface area contributed by atoms with Crippen LogP contribution >= 0.6 is 23.2 Å². The molecule has 0 spiro atoms. The highest BCUT2D eigenvalue weighted by atomic mass is 35.5. The van der Waals surface area contributed by atoms with Crippen LogP contribution in [-0.2, 0) is 16.0 Å². The van der Waals surface area contributed by atoms with Crippen LogP contribution in [0.3, 0.4) is 0 Å². The molecule has 174 valence electrons. The van der Waals surface area contributed by atoms with Crippen LogP contribution in [0.15, 0.2) is 72.9 Å². The Hall–Kier alpha value is -3.52. The zero-order valence-electron chi connectivity index (χ0n) is 18.1. The molecule has 3 aromatic carbocycles. The van der Waals surface area contributed by atoms with Gasteiger partial charge in [0.25, 0.3) is 0 Å². The predicted octanol–water partition coefficient (Wildman–Crippen LogP) is 4.58. The SMILES string of the molecule is COc1ccc(-c2cccc(CC(=O)Nc3ccc(N4C=CC(=O)NC4O)c(Cl)c3)c2)cc1Cl. The lowest BCUT2D eigenvalue weighted by Gasteiger charge is -2.30. The number of hydrogen-bond acceptors (Lipinski definition) is 5. The van der Waals surface area contributed by atoms with E-state index in [0.717, 1.165) is 16.7 Å². The van der Waals surface area contributed by atoms with Gasteiger partial charge in [-0.3, -0.25) is 9.59 Å². The Morgan fingerprint density at radius 2 is 1.88 bits per heavy atom. The van der Waals surface area contributed by atoms with Gasteiger partial charge in [0.05, 0.1) is 29.3 Å². The second-order valence-corrected chi connectivity index (χ2v) is 8.36. The molecule has 0 bridgehead atoms. The molecular formula is C25H21Cl2N3O4. The van der Waals surface area contributed by atoms with Crippen molar-refractivity contribution in [3.63, 3.8) is 0 Å². The van der Waals surface area contributed by atoms with E-state index < -0.39 is 12.3 Å². The quantitative estimate of drug-likeness (QED) is 0.463. The molecule has 1 unspecified atom stereocenters. The van der Waals surface area contributed by atoms with E-state index in [2.05, 4.69) is 10.6 Å². The average molecular weight is 498 g/mol. The van der Waals surface area contributed by atoms with Crippen molar-refractivity contribution < 1.29 is 19.4 Å². The van der Waals surface area contributed by atoms with E-state index in [0.29, 0.717) is 27.2 Å². The maximum atomic E-state index is 12.7. The summed E-state index contributed by atoms with van der Waals surface area (Å²) < 4.78 is 5.20. The lowest BCUT2D eigenvalue weighted by molar-refractivity contribution is -0.120. The van der Waals surface area contributed by atoms with Crippen molar-refractivity contribution in [3.05, 3.63) is 88.5 Å². The molecule has 3 N–H and O–H groups in total. The van der Waals surface area contributed by atoms with Gasteiger partial charge in [-0.2, -0.15) is 0 Å². The first-order chi connectivity index (χ1) is 16.3. The Morgan fingerprint density at radius 1 is 1.09 bits per heavy atom. The van der Waals surface area contributed by atoms with E-state index in [1.54, 1.807) is 31.4 Å². The summed E-state index contributed by atoms with van der Waals surface area (Å²) in [5.74, 6) is -0.0111. The van der Waals surface area contributed by atoms with Gasteiger partial charge in [-0.05, 0) is 47.0 Å². The molecule has 0 radical (unpaired) electrons. The van der Waals surface area contributed by atoms with Crippen LogP contribution in [0.1, 0.15) is 5.56 Å². The monoisotopic (exact) mass is 497 g/mol. The standard InChI is InChI=1S/C25H21Cl2N3O4/c1-34-22-8-5-17(13-20(22)27)16-4-2-3-15(11-16)12-24(32)28-18-6-7-21(19(26)14-18)30-10-9-23(31)29-25(30)33/h2-11,13-14,25,33H,12H2,1H3,(H,28,32)(H,29,31). The summed E-state index contributed by atoms with van der Waals surface area (Å²) in [5, 5.41) is 16.1. The van der Waals surface area contributed by atoms with E-state index in [9.17, 15) is 14.7 Å². The van der Waals surface area contributed by atoms with Crippen molar-refractivity contribution in [2.75, 3.05) is 17.3 Å². The summed E-state index contributed by atoms with van der Waals surface area (Å²) in [6.07, 6.45) is 1.65. The van der Waals surface area contributed by atoms with Crippen molar-refractivity contribution >= 4 is 46.4 Å². The highest BCUT2D eigenvalue weighted by Crippen LogP contribution is 2.32. The average Bonchev–Trinajstić information content (AvgIpc) is 2.80. The molecular weight excluding hydrogens is 477 g/mol. The molecule has 4 rings (SSSR count). The van der Waals surface area contributed by atoms with Gasteiger partial charge < -0.3 is 25.4 Å². The molecule has 0 aromatic heterocycles. The molecule has 0 saturated carbocycles. The Labute approximate surface area is 206 Å². The number of aliphatic hydroxyl groups excluding tert-OH is 1. The minimum Gasteiger partial charge on any atom is -0.495 e. The molecule has 1 atom stereocenters. The summed E-state index contributed by atoms with van der Waals surface area (Å²) in [5.41, 5.74) is 3.68. The number of nitrogens with zero attached hydrogens (tertiary/aromatic N) is 1. The summed E-state index contributed by atoms with van der Waals surface area (Å²) in [7, 11) is 1.56. The lowest BCUT2D eigenvalue weighted by Crippen LogP contribution is -2.48. The van der Waals surface area contributed by atoms with Crippen molar-refractivity contribution in [3.8, 4) is 16.9 Å². The first kappa shape index (κ1) is 23.6. The van der Waals surface area contributed by atoms with Crippen LogP contribution in [0.5, 0.6) is 5.75 Å². The highest BCUT2D eigenvalue weighted by Gasteiger charge is 2.22. The van der Waals surface area contributed by atoms with E-state index in [-0.39, 0.29) is 12.3 Å². The minimum absolute atomic E-state index is 0.163. The topological polar surface area (TPSA) is 90.9 Å². The first-order valence-electron chi connectivity index (χ1n) is 10.3. The number of rotatable bonds is 6. The molecule has 0 saturated heterocycles. The Kier molecular flexibility index (Phi) is 7.07. The van der Waals surface area contributed by atoms with Crippen LogP contribution in [0, 0.1) is 0 Å². The molecule has 1 aliphatic heterocycles. The number of halogens is 2. The van der Waals surface area contributed by atoms with Crippen molar-refractivity contribution in [1.29, 1.82) is 0 Å². The molecule has 0 fully saturated rings. The van der Waals surface area contributed by atoms with Gasteiger partial charge in [-0.1, -0.05) is 53.5 Å². The third kappa shape index (κ3) is 5.34. The maximum absolute atomic E-state index is 12.7. The third-order valence-electron chi connectivity index (χ3n) is 5.21. The zero-order chi connectivity index (χ0) is 24.2. The van der Waals surface area contributed by atoms with E-state index in [4.69, 9.17) is 27.9 Å². The summed E-state index contributed by atoms with van der Waals surface area (Å²) >= 11 is 12.6. The number of ether oxygens (including phenoxy) is 1. The fourth-order valence-corrected chi connectivity index (χ4v) is 4.11. The minimum atomic E-state index is -1.23. The number of aliphatic hydroxyl groups is 1. The third-order valence-corrected chi connectivity index (χ3v) is 5.81. The first-order valence-corrected chi connectivity index (χ1v) is 11.1. The Bertz CT molecular complexity index is 1280. The molecule has 3 aromatic rings. The fourth-order valence-electron chi connectivity index (χ4n) is 3.58. The molecule has 2 amide bonds. The van der Waals surface area contributed by atoms with Gasteiger partial charge >= 0.3 is 0 Å². The molecule has 1 heterocycles. The van der Waals surface area contributed by atoms with Crippen LogP contribution in [0.2, 0.25) is 10.0 Å². The second kappa shape index (κ2) is 10.2. The van der Waals surface area contributed by atoms with E-state index in [1.807, 2.05) is 36.4 Å². The number of anilines is 2. The Morgan fingerprint density at radius 3 is 2.59 bits per heavy atom. The zero-order valence-corrected chi connectivity index (χ0v) is 19.6. The highest BCUT2D eigenvalue weighted by molar-refractivity contribution is 6.33. The number of benzene rings is 3. The normalized spacial score (nSPS) is 15.1. The van der Waals surface area contributed by atoms with Crippen molar-refractivity contribution in [2.24, 2.45) is 0 Å². The van der Waals surface area contributed by atoms with Crippen LogP contribution < -0.4 is 20.3 Å². The fraction of sp³-hybridized carbons (Fsp3) is 0.120. The lowest BCUT2D eigenvalue weighted by atomic mass is 10.0. The predicted molar refractivity (Wildman–Crippen MR) is 133 cm³/mol. The summed E-state index contributed by atoms with van der Waals surface area (Å²) in [6, 6.07) is 18.1. The van der Waals surface area contributed by atoms with Crippen LogP contribution in [0.25, 0.3) is 11.1 Å². The smallest absolute Gasteiger partial charge is 0.248 e. The molecule has 9 heteroatoms. The summed E-state index contributed by atoms with van der Waals surface area (Å²) in [4.78, 5) is 25.4. The maximum Gasteiger partial charge on any atom is 0.248 e. The number of carbonyl (C=O) groups excluding carboxylic acids is 2. The largest absolute Gasteiger partial charge is 0.495 e. The number of amides is 2. The number of carbonyl (C=O) groups is 2. The van der Waals surface area contributed by atoms with Crippen molar-refractivity contribution in [2.45, 2.75) is 12.8 Å². The van der Waals surface area contributed by atoms with Gasteiger partial charge in [0, 0.05) is 18.0 Å². The number of hydrogen-bond donors (Lipinski definition) is 3. The van der Waals surface area contributed by atoms with Gasteiger partial charge in [0.2, 0.25) is 18.2 Å². The van der Waals surface area contributed by atoms with Gasteiger partial charge in [0.1, 0.15) is 5.75 Å². The Balaban J connectivity index is 1.44. The van der Waals surface area contributed by atoms with Gasteiger partial charge in [-0.15, -0.1) is 0 Å². The summed E-state index contributed by atoms with van der Waals surface area (Å²) in [6.45, 7) is 0. The molecule has 0 aliphatic carbocycles. The second-order valence-electron chi connectivity index (χ2n) is 7.55. The van der Waals surface area contributed by atoms with Crippen molar-refractivity contribution in [1.82, 2.24) is 5.32 Å². The van der Waals surface area contributed by atoms with Gasteiger partial charge in [-0.25, -0.2) is 0 Å². The molecule has 1 aliphatic rings. The van der Waals surface area contributed by atoms with Crippen LogP contribution in [0.4, 0.5) is 11.4 Å².